The molecule has 9 rings (SSSR count). The van der Waals surface area contributed by atoms with Crippen LogP contribution in [0.5, 0.6) is 0 Å². The summed E-state index contributed by atoms with van der Waals surface area (Å²) in [5, 5.41) is 2.51. The lowest BCUT2D eigenvalue weighted by Crippen LogP contribution is -2.30. The fourth-order valence-electron chi connectivity index (χ4n) is 7.28. The van der Waals surface area contributed by atoms with Crippen molar-refractivity contribution >= 4 is 21.8 Å². The zero-order valence-electron chi connectivity index (χ0n) is 23.9. The van der Waals surface area contributed by atoms with Crippen LogP contribution in [0.25, 0.3) is 50.0 Å². The van der Waals surface area contributed by atoms with Crippen molar-refractivity contribution in [2.45, 2.75) is 5.41 Å². The molecule has 2 aromatic heterocycles. The predicted molar refractivity (Wildman–Crippen MR) is 179 cm³/mol. The normalized spacial score (nSPS) is 15.4. The molecular weight excluding hydrogens is 534 g/mol. The van der Waals surface area contributed by atoms with Gasteiger partial charge in [0.15, 0.2) is 5.82 Å². The summed E-state index contributed by atoms with van der Waals surface area (Å²) in [4.78, 5) is 10.3. The minimum atomic E-state index is -0.631. The first-order chi connectivity index (χ1) is 21.8. The summed E-state index contributed by atoms with van der Waals surface area (Å²) in [5.74, 6) is 0.732. The van der Waals surface area contributed by atoms with Crippen molar-refractivity contribution in [3.63, 3.8) is 0 Å². The molecule has 2 heterocycles. The number of hydrogen-bond acceptors (Lipinski definition) is 2. The van der Waals surface area contributed by atoms with Crippen LogP contribution in [0.2, 0.25) is 0 Å². The maximum absolute atomic E-state index is 5.42. The van der Waals surface area contributed by atoms with Gasteiger partial charge in [-0.15, -0.1) is 0 Å². The van der Waals surface area contributed by atoms with Crippen LogP contribution in [0, 0.1) is 0 Å². The molecule has 0 radical (unpaired) electrons. The van der Waals surface area contributed by atoms with Gasteiger partial charge < -0.3 is 4.57 Å². The largest absolute Gasteiger partial charge is 0.309 e. The highest BCUT2D eigenvalue weighted by molar-refractivity contribution is 6.09. The molecule has 6 aromatic carbocycles. The predicted octanol–water partition coefficient (Wildman–Crippen LogP) is 9.60. The lowest BCUT2D eigenvalue weighted by molar-refractivity contribution is 0.735. The van der Waals surface area contributed by atoms with E-state index in [1.54, 1.807) is 0 Å². The molecule has 44 heavy (non-hydrogen) atoms. The van der Waals surface area contributed by atoms with Crippen LogP contribution >= 0.6 is 0 Å². The van der Waals surface area contributed by atoms with Crippen molar-refractivity contribution < 1.29 is 0 Å². The van der Waals surface area contributed by atoms with Crippen LogP contribution in [0.15, 0.2) is 164 Å². The van der Waals surface area contributed by atoms with Gasteiger partial charge in [0.25, 0.3) is 0 Å². The summed E-state index contributed by atoms with van der Waals surface area (Å²) in [6, 6.07) is 56.2. The lowest BCUT2D eigenvalue weighted by Gasteiger charge is -2.33. The molecule has 0 saturated carbocycles. The smallest absolute Gasteiger partial charge is 0.159 e. The van der Waals surface area contributed by atoms with Crippen molar-refractivity contribution in [3.05, 3.63) is 186 Å². The summed E-state index contributed by atoms with van der Waals surface area (Å²) < 4.78 is 2.39. The van der Waals surface area contributed by atoms with E-state index < -0.39 is 5.41 Å². The molecule has 0 amide bonds. The Morgan fingerprint density at radius 1 is 0.500 bits per heavy atom. The molecule has 0 N–H and O–H groups in total. The summed E-state index contributed by atoms with van der Waals surface area (Å²) in [6.45, 7) is 0. The van der Waals surface area contributed by atoms with E-state index in [4.69, 9.17) is 9.97 Å². The van der Waals surface area contributed by atoms with Crippen molar-refractivity contribution in [3.8, 4) is 28.2 Å². The quantitative estimate of drug-likeness (QED) is 0.214. The van der Waals surface area contributed by atoms with Gasteiger partial charge in [0.1, 0.15) is 0 Å². The van der Waals surface area contributed by atoms with Crippen LogP contribution in [-0.4, -0.2) is 14.5 Å². The van der Waals surface area contributed by atoms with Gasteiger partial charge in [0.2, 0.25) is 0 Å². The van der Waals surface area contributed by atoms with Crippen LogP contribution in [0.1, 0.15) is 22.4 Å². The van der Waals surface area contributed by atoms with Gasteiger partial charge in [-0.05, 0) is 46.5 Å². The van der Waals surface area contributed by atoms with E-state index in [0.29, 0.717) is 0 Å². The number of aromatic nitrogens is 3. The number of benzene rings is 6. The van der Waals surface area contributed by atoms with E-state index in [0.717, 1.165) is 28.3 Å². The number of fused-ring (bicyclic) bond motifs is 6. The second-order valence-electron chi connectivity index (χ2n) is 11.4. The van der Waals surface area contributed by atoms with E-state index in [2.05, 4.69) is 144 Å². The zero-order valence-corrected chi connectivity index (χ0v) is 23.9. The van der Waals surface area contributed by atoms with Crippen LogP contribution < -0.4 is 0 Å². The second-order valence-corrected chi connectivity index (χ2v) is 11.4. The van der Waals surface area contributed by atoms with E-state index in [9.17, 15) is 0 Å². The van der Waals surface area contributed by atoms with Crippen LogP contribution in [0.3, 0.4) is 0 Å². The average molecular weight is 562 g/mol. The van der Waals surface area contributed by atoms with Crippen molar-refractivity contribution in [1.82, 2.24) is 14.5 Å². The first-order valence-electron chi connectivity index (χ1n) is 15.0. The fraction of sp³-hybridized carbons (Fsp3) is 0.0244. The maximum atomic E-state index is 5.42. The Bertz CT molecular complexity index is 2280. The molecule has 8 aromatic rings. The van der Waals surface area contributed by atoms with E-state index in [-0.39, 0.29) is 0 Å². The van der Waals surface area contributed by atoms with Crippen molar-refractivity contribution in [1.29, 1.82) is 0 Å². The Balaban J connectivity index is 1.38. The Morgan fingerprint density at radius 3 is 1.86 bits per heavy atom. The molecule has 0 saturated heterocycles. The average Bonchev–Trinajstić information content (AvgIpc) is 3.60. The standard InChI is InChI=1S/C41H27N3/c1-3-14-28(15-4-1)40-42-27-35-32-20-7-10-23-36(32)41(39(35)43-40,29-16-5-2-6-17-29)30-18-13-19-31(26-30)44-37-24-11-8-21-33(37)34-22-9-12-25-38(34)44/h1-27H. The molecule has 0 fully saturated rings. The molecule has 0 bridgehead atoms. The fourth-order valence-corrected chi connectivity index (χ4v) is 7.28. The molecule has 1 aliphatic carbocycles. The molecule has 1 atom stereocenters. The zero-order chi connectivity index (χ0) is 29.1. The SMILES string of the molecule is c1ccc(-c2ncc3c(n2)C(c2ccccc2)(c2cccc(-n4c5ccccc5c5ccccc54)c2)c2ccccc2-3)cc1. The number of nitrogens with zero attached hydrogens (tertiary/aromatic N) is 3. The van der Waals surface area contributed by atoms with Gasteiger partial charge >= 0.3 is 0 Å². The molecule has 206 valence electrons. The van der Waals surface area contributed by atoms with Crippen LogP contribution in [-0.2, 0) is 5.41 Å². The third-order valence-electron chi connectivity index (χ3n) is 9.12. The Morgan fingerprint density at radius 2 is 1.11 bits per heavy atom. The number of hydrogen-bond donors (Lipinski definition) is 0. The van der Waals surface area contributed by atoms with Crippen molar-refractivity contribution in [2.75, 3.05) is 0 Å². The number of para-hydroxylation sites is 2. The summed E-state index contributed by atoms with van der Waals surface area (Å²) in [6.07, 6.45) is 2.02. The van der Waals surface area contributed by atoms with Gasteiger partial charge in [0.05, 0.1) is 22.1 Å². The first kappa shape index (κ1) is 24.8. The molecule has 1 aliphatic rings. The third-order valence-corrected chi connectivity index (χ3v) is 9.12. The van der Waals surface area contributed by atoms with E-state index in [1.165, 1.54) is 44.1 Å². The minimum absolute atomic E-state index is 0.631. The van der Waals surface area contributed by atoms with Gasteiger partial charge in [0, 0.05) is 33.8 Å². The monoisotopic (exact) mass is 561 g/mol. The van der Waals surface area contributed by atoms with E-state index >= 15 is 0 Å². The van der Waals surface area contributed by atoms with Gasteiger partial charge in [-0.3, -0.25) is 0 Å². The summed E-state index contributed by atoms with van der Waals surface area (Å²) >= 11 is 0. The molecule has 3 heteroatoms. The van der Waals surface area contributed by atoms with Gasteiger partial charge in [-0.25, -0.2) is 9.97 Å². The third kappa shape index (κ3) is 3.44. The maximum Gasteiger partial charge on any atom is 0.159 e. The highest BCUT2D eigenvalue weighted by atomic mass is 15.0. The van der Waals surface area contributed by atoms with Gasteiger partial charge in [-0.2, -0.15) is 0 Å². The van der Waals surface area contributed by atoms with Crippen LogP contribution in [0.4, 0.5) is 0 Å². The first-order valence-corrected chi connectivity index (χ1v) is 15.0. The Labute approximate surface area is 255 Å². The van der Waals surface area contributed by atoms with Gasteiger partial charge in [-0.1, -0.05) is 133 Å². The molecule has 3 nitrogen and oxygen atoms in total. The highest BCUT2D eigenvalue weighted by Crippen LogP contribution is 2.55. The summed E-state index contributed by atoms with van der Waals surface area (Å²) in [7, 11) is 0. The molecule has 0 spiro atoms. The molecular formula is C41H27N3. The topological polar surface area (TPSA) is 30.7 Å². The molecule has 1 unspecified atom stereocenters. The lowest BCUT2D eigenvalue weighted by atomic mass is 9.69. The molecule has 0 aliphatic heterocycles. The number of rotatable bonds is 4. The minimum Gasteiger partial charge on any atom is -0.309 e. The highest BCUT2D eigenvalue weighted by Gasteiger charge is 2.48. The Kier molecular flexibility index (Phi) is 5.41. The van der Waals surface area contributed by atoms with E-state index in [1.807, 2.05) is 24.4 Å². The second kappa shape index (κ2) is 9.62. The van der Waals surface area contributed by atoms with Crippen molar-refractivity contribution in [2.24, 2.45) is 0 Å². The summed E-state index contributed by atoms with van der Waals surface area (Å²) in [5.41, 5.74) is 10.7. The Hall–Kier alpha value is -5.80.